The number of nitrogens with zero attached hydrogens (tertiary/aromatic N) is 3. The van der Waals surface area contributed by atoms with Crippen molar-refractivity contribution in [1.82, 2.24) is 14.6 Å². The second-order valence-corrected chi connectivity index (χ2v) is 5.58. The fourth-order valence-corrected chi connectivity index (χ4v) is 2.30. The SMILES string of the molecule is NS(=O)(=O)c1ccc(-c2cn3ncccc3n2)cc1. The summed E-state index contributed by atoms with van der Waals surface area (Å²) in [6, 6.07) is 9.90. The van der Waals surface area contributed by atoms with Gasteiger partial charge in [0, 0.05) is 11.8 Å². The zero-order chi connectivity index (χ0) is 13.5. The Hall–Kier alpha value is -2.25. The Morgan fingerprint density at radius 3 is 2.47 bits per heavy atom. The molecule has 0 unspecified atom stereocenters. The van der Waals surface area contributed by atoms with Crippen molar-refractivity contribution in [2.24, 2.45) is 5.14 Å². The smallest absolute Gasteiger partial charge is 0.227 e. The minimum atomic E-state index is -3.66. The summed E-state index contributed by atoms with van der Waals surface area (Å²) in [7, 11) is -3.66. The zero-order valence-corrected chi connectivity index (χ0v) is 10.6. The third-order valence-electron chi connectivity index (χ3n) is 2.72. The Kier molecular flexibility index (Phi) is 2.58. The highest BCUT2D eigenvalue weighted by Gasteiger charge is 2.09. The number of hydrogen-bond acceptors (Lipinski definition) is 4. The van der Waals surface area contributed by atoms with Crippen molar-refractivity contribution in [3.8, 4) is 11.3 Å². The standard InChI is InChI=1S/C12H10N4O2S/c13-19(17,18)10-5-3-9(4-6-10)11-8-16-12(15-11)2-1-7-14-16/h1-8H,(H2,13,17,18). The van der Waals surface area contributed by atoms with E-state index in [1.54, 1.807) is 35.1 Å². The van der Waals surface area contributed by atoms with Crippen molar-refractivity contribution in [2.75, 3.05) is 0 Å². The van der Waals surface area contributed by atoms with Crippen LogP contribution in [0.3, 0.4) is 0 Å². The summed E-state index contributed by atoms with van der Waals surface area (Å²) in [5, 5.41) is 9.17. The Labute approximate surface area is 109 Å². The van der Waals surface area contributed by atoms with E-state index >= 15 is 0 Å². The summed E-state index contributed by atoms with van der Waals surface area (Å²) in [6.45, 7) is 0. The fourth-order valence-electron chi connectivity index (χ4n) is 1.79. The van der Waals surface area contributed by atoms with Crippen molar-refractivity contribution >= 4 is 15.7 Å². The Morgan fingerprint density at radius 1 is 1.11 bits per heavy atom. The van der Waals surface area contributed by atoms with Crippen LogP contribution in [0.5, 0.6) is 0 Å². The van der Waals surface area contributed by atoms with Crippen molar-refractivity contribution in [2.45, 2.75) is 4.90 Å². The number of hydrogen-bond donors (Lipinski definition) is 1. The molecule has 96 valence electrons. The molecule has 0 aliphatic heterocycles. The van der Waals surface area contributed by atoms with Gasteiger partial charge in [0.25, 0.3) is 0 Å². The average molecular weight is 274 g/mol. The van der Waals surface area contributed by atoms with Gasteiger partial charge >= 0.3 is 0 Å². The van der Waals surface area contributed by atoms with Crippen molar-refractivity contribution < 1.29 is 8.42 Å². The first kappa shape index (κ1) is 11.8. The average Bonchev–Trinajstić information content (AvgIpc) is 2.81. The second kappa shape index (κ2) is 4.15. The molecule has 6 nitrogen and oxygen atoms in total. The minimum absolute atomic E-state index is 0.0816. The predicted molar refractivity (Wildman–Crippen MR) is 69.8 cm³/mol. The normalized spacial score (nSPS) is 11.8. The highest BCUT2D eigenvalue weighted by molar-refractivity contribution is 7.89. The van der Waals surface area contributed by atoms with Gasteiger partial charge in [0.1, 0.15) is 0 Å². The first-order valence-electron chi connectivity index (χ1n) is 5.48. The summed E-state index contributed by atoms with van der Waals surface area (Å²) in [5.41, 5.74) is 2.26. The molecule has 0 saturated carbocycles. The molecule has 2 N–H and O–H groups in total. The monoisotopic (exact) mass is 274 g/mol. The predicted octanol–water partition coefficient (Wildman–Crippen LogP) is 1.04. The summed E-state index contributed by atoms with van der Waals surface area (Å²) in [5.74, 6) is 0. The van der Waals surface area contributed by atoms with E-state index in [2.05, 4.69) is 10.1 Å². The number of fused-ring (bicyclic) bond motifs is 1. The summed E-state index contributed by atoms with van der Waals surface area (Å²) in [4.78, 5) is 4.48. The van der Waals surface area contributed by atoms with Crippen LogP contribution in [0, 0.1) is 0 Å². The van der Waals surface area contributed by atoms with Crippen LogP contribution in [0.2, 0.25) is 0 Å². The lowest BCUT2D eigenvalue weighted by Gasteiger charge is -1.99. The summed E-state index contributed by atoms with van der Waals surface area (Å²) < 4.78 is 24.0. The quantitative estimate of drug-likeness (QED) is 0.756. The molecular formula is C12H10N4O2S. The van der Waals surface area contributed by atoms with Gasteiger partial charge in [-0.15, -0.1) is 0 Å². The molecular weight excluding hydrogens is 264 g/mol. The summed E-state index contributed by atoms with van der Waals surface area (Å²) >= 11 is 0. The lowest BCUT2D eigenvalue weighted by atomic mass is 10.2. The fraction of sp³-hybridized carbons (Fsp3) is 0. The van der Waals surface area contributed by atoms with Crippen LogP contribution >= 0.6 is 0 Å². The highest BCUT2D eigenvalue weighted by Crippen LogP contribution is 2.20. The van der Waals surface area contributed by atoms with E-state index in [9.17, 15) is 8.42 Å². The lowest BCUT2D eigenvalue weighted by molar-refractivity contribution is 0.598. The Balaban J connectivity index is 2.07. The van der Waals surface area contributed by atoms with E-state index in [4.69, 9.17) is 5.14 Å². The number of nitrogens with two attached hydrogens (primary N) is 1. The van der Waals surface area contributed by atoms with E-state index in [-0.39, 0.29) is 4.90 Å². The van der Waals surface area contributed by atoms with E-state index < -0.39 is 10.0 Å². The van der Waals surface area contributed by atoms with Crippen molar-refractivity contribution in [3.63, 3.8) is 0 Å². The maximum absolute atomic E-state index is 11.2. The van der Waals surface area contributed by atoms with Gasteiger partial charge in [0.15, 0.2) is 5.65 Å². The molecule has 3 rings (SSSR count). The van der Waals surface area contributed by atoms with E-state index in [1.165, 1.54) is 12.1 Å². The first-order chi connectivity index (χ1) is 9.04. The molecule has 0 amide bonds. The van der Waals surface area contributed by atoms with Crippen LogP contribution in [0.1, 0.15) is 0 Å². The molecule has 7 heteroatoms. The molecule has 0 saturated heterocycles. The van der Waals surface area contributed by atoms with Gasteiger partial charge in [-0.25, -0.2) is 23.1 Å². The molecule has 0 spiro atoms. The van der Waals surface area contributed by atoms with E-state index in [0.717, 1.165) is 16.9 Å². The molecule has 1 aromatic carbocycles. The van der Waals surface area contributed by atoms with Gasteiger partial charge in [-0.05, 0) is 24.3 Å². The number of aromatic nitrogens is 3. The Bertz CT molecular complexity index is 805. The lowest BCUT2D eigenvalue weighted by Crippen LogP contribution is -2.11. The number of rotatable bonds is 2. The Morgan fingerprint density at radius 2 is 1.84 bits per heavy atom. The largest absolute Gasteiger partial charge is 0.238 e. The van der Waals surface area contributed by atoms with Gasteiger partial charge in [-0.3, -0.25) is 0 Å². The molecule has 0 bridgehead atoms. The second-order valence-electron chi connectivity index (χ2n) is 4.02. The maximum Gasteiger partial charge on any atom is 0.238 e. The third kappa shape index (κ3) is 2.20. The van der Waals surface area contributed by atoms with E-state index in [0.29, 0.717) is 0 Å². The molecule has 2 aromatic heterocycles. The van der Waals surface area contributed by atoms with E-state index in [1.807, 2.05) is 6.07 Å². The molecule has 19 heavy (non-hydrogen) atoms. The van der Waals surface area contributed by atoms with Crippen LogP contribution in [-0.4, -0.2) is 23.0 Å². The van der Waals surface area contributed by atoms with Crippen molar-refractivity contribution in [1.29, 1.82) is 0 Å². The molecule has 0 aliphatic rings. The zero-order valence-electron chi connectivity index (χ0n) is 9.76. The topological polar surface area (TPSA) is 90.4 Å². The number of imidazole rings is 1. The molecule has 0 radical (unpaired) electrons. The minimum Gasteiger partial charge on any atom is -0.227 e. The van der Waals surface area contributed by atoms with Gasteiger partial charge in [0.05, 0.1) is 16.8 Å². The highest BCUT2D eigenvalue weighted by atomic mass is 32.2. The summed E-state index contributed by atoms with van der Waals surface area (Å²) in [6.07, 6.45) is 3.45. The molecule has 0 atom stereocenters. The third-order valence-corrected chi connectivity index (χ3v) is 3.64. The number of sulfonamides is 1. The van der Waals surface area contributed by atoms with Gasteiger partial charge in [-0.2, -0.15) is 5.10 Å². The van der Waals surface area contributed by atoms with Gasteiger partial charge in [-0.1, -0.05) is 12.1 Å². The molecule has 3 aromatic rings. The van der Waals surface area contributed by atoms with Crippen LogP contribution in [0.15, 0.2) is 53.7 Å². The number of primary sulfonamides is 1. The molecule has 0 aliphatic carbocycles. The van der Waals surface area contributed by atoms with Crippen LogP contribution < -0.4 is 5.14 Å². The number of benzene rings is 1. The molecule has 0 fully saturated rings. The maximum atomic E-state index is 11.2. The van der Waals surface area contributed by atoms with Crippen LogP contribution in [0.4, 0.5) is 0 Å². The first-order valence-corrected chi connectivity index (χ1v) is 7.02. The van der Waals surface area contributed by atoms with Crippen LogP contribution in [-0.2, 0) is 10.0 Å². The van der Waals surface area contributed by atoms with Gasteiger partial charge in [0.2, 0.25) is 10.0 Å². The van der Waals surface area contributed by atoms with Crippen LogP contribution in [0.25, 0.3) is 16.9 Å². The van der Waals surface area contributed by atoms with Crippen molar-refractivity contribution in [3.05, 3.63) is 48.8 Å². The molecule has 2 heterocycles. The van der Waals surface area contributed by atoms with Gasteiger partial charge < -0.3 is 0 Å².